The van der Waals surface area contributed by atoms with Gasteiger partial charge in [-0.1, -0.05) is 19.9 Å². The van der Waals surface area contributed by atoms with Crippen LogP contribution in [0.15, 0.2) is 24.5 Å². The van der Waals surface area contributed by atoms with Crippen LogP contribution in [0.5, 0.6) is 0 Å². The van der Waals surface area contributed by atoms with Gasteiger partial charge in [0.1, 0.15) is 18.5 Å². The van der Waals surface area contributed by atoms with Gasteiger partial charge in [0.2, 0.25) is 0 Å². The number of piperazine rings is 1. The average molecular weight is 467 g/mol. The maximum Gasteiger partial charge on any atom is 0.492 e. The largest absolute Gasteiger partial charge is 0.492 e. The molecule has 3 N–H and O–H groups in total. The molecular weight excluding hydrogens is 437 g/mol. The lowest BCUT2D eigenvalue weighted by Gasteiger charge is -2.28. The van der Waals surface area contributed by atoms with Crippen molar-refractivity contribution in [2.24, 2.45) is 5.92 Å². The summed E-state index contributed by atoms with van der Waals surface area (Å²) < 4.78 is 10.8. The number of nitrogens with one attached hydrogen (secondary N) is 2. The van der Waals surface area contributed by atoms with E-state index in [4.69, 9.17) is 9.39 Å². The molecule has 2 aliphatic heterocycles. The zero-order valence-electron chi connectivity index (χ0n) is 19.7. The molecule has 3 heterocycles. The van der Waals surface area contributed by atoms with Gasteiger partial charge >= 0.3 is 13.1 Å². The van der Waals surface area contributed by atoms with Crippen LogP contribution in [0, 0.1) is 12.8 Å². The first-order valence-electron chi connectivity index (χ1n) is 11.5. The van der Waals surface area contributed by atoms with Crippen LogP contribution in [0.4, 0.5) is 5.82 Å². The lowest BCUT2D eigenvalue weighted by molar-refractivity contribution is -0.148. The third kappa shape index (κ3) is 5.21. The van der Waals surface area contributed by atoms with Crippen LogP contribution in [0.25, 0.3) is 0 Å². The molecule has 34 heavy (non-hydrogen) atoms. The molecule has 4 rings (SSSR count). The molecule has 1 saturated heterocycles. The summed E-state index contributed by atoms with van der Waals surface area (Å²) in [5.74, 6) is -0.393. The van der Waals surface area contributed by atoms with Crippen molar-refractivity contribution in [1.82, 2.24) is 20.6 Å². The lowest BCUT2D eigenvalue weighted by Crippen LogP contribution is -2.46. The summed E-state index contributed by atoms with van der Waals surface area (Å²) in [4.78, 5) is 36.8. The fourth-order valence-electron chi connectivity index (χ4n) is 4.21. The minimum absolute atomic E-state index is 0.0355. The second-order valence-electron chi connectivity index (χ2n) is 8.88. The van der Waals surface area contributed by atoms with E-state index in [0.717, 1.165) is 37.6 Å². The summed E-state index contributed by atoms with van der Waals surface area (Å²) in [6.07, 6.45) is 3.28. The first-order valence-corrected chi connectivity index (χ1v) is 11.5. The quantitative estimate of drug-likeness (QED) is 0.378. The Bertz CT molecular complexity index is 1060. The van der Waals surface area contributed by atoms with E-state index in [2.05, 4.69) is 25.5 Å². The van der Waals surface area contributed by atoms with Crippen molar-refractivity contribution in [2.75, 3.05) is 31.1 Å². The van der Waals surface area contributed by atoms with Crippen LogP contribution >= 0.6 is 0 Å². The predicted octanol–water partition coefficient (Wildman–Crippen LogP) is -0.0899. The maximum absolute atomic E-state index is 13.0. The predicted molar refractivity (Wildman–Crippen MR) is 127 cm³/mol. The summed E-state index contributed by atoms with van der Waals surface area (Å²) in [6, 6.07) is 2.61. The number of hydrogen-bond acceptors (Lipinski definition) is 9. The lowest BCUT2D eigenvalue weighted by atomic mass is 9.75. The topological polar surface area (TPSA) is 126 Å². The van der Waals surface area contributed by atoms with Crippen LogP contribution in [0.1, 0.15) is 41.0 Å². The van der Waals surface area contributed by atoms with Gasteiger partial charge < -0.3 is 29.9 Å². The highest BCUT2D eigenvalue weighted by molar-refractivity contribution is 6.62. The van der Waals surface area contributed by atoms with E-state index in [-0.39, 0.29) is 12.5 Å². The van der Waals surface area contributed by atoms with Gasteiger partial charge in [-0.2, -0.15) is 0 Å². The molecule has 0 saturated carbocycles. The average Bonchev–Trinajstić information content (AvgIpc) is 3.23. The van der Waals surface area contributed by atoms with Crippen molar-refractivity contribution in [3.63, 3.8) is 0 Å². The number of esters is 1. The van der Waals surface area contributed by atoms with Crippen LogP contribution in [-0.2, 0) is 27.4 Å². The maximum atomic E-state index is 13.0. The molecule has 2 aromatic rings. The van der Waals surface area contributed by atoms with E-state index in [9.17, 15) is 14.6 Å². The van der Waals surface area contributed by atoms with Crippen molar-refractivity contribution in [2.45, 2.75) is 40.0 Å². The van der Waals surface area contributed by atoms with Crippen LogP contribution < -0.4 is 21.0 Å². The molecule has 10 nitrogen and oxygen atoms in total. The summed E-state index contributed by atoms with van der Waals surface area (Å²) in [5.41, 5.74) is 3.03. The minimum atomic E-state index is -1.05. The van der Waals surface area contributed by atoms with Gasteiger partial charge in [0, 0.05) is 31.7 Å². The highest BCUT2D eigenvalue weighted by Gasteiger charge is 2.32. The molecule has 0 radical (unpaired) electrons. The Hall–Kier alpha value is -3.02. The number of fused-ring (bicyclic) bond motifs is 1. The zero-order valence-corrected chi connectivity index (χ0v) is 19.7. The Balaban J connectivity index is 1.41. The number of amides is 1. The minimum Gasteiger partial charge on any atom is -0.458 e. The van der Waals surface area contributed by atoms with E-state index in [1.807, 2.05) is 13.8 Å². The van der Waals surface area contributed by atoms with Crippen molar-refractivity contribution < 1.29 is 24.0 Å². The third-order valence-electron chi connectivity index (χ3n) is 6.18. The first-order chi connectivity index (χ1) is 16.3. The molecular formula is C23H30BN5O5. The second-order valence-corrected chi connectivity index (χ2v) is 8.88. The summed E-state index contributed by atoms with van der Waals surface area (Å²) in [6.45, 7) is 9.14. The van der Waals surface area contributed by atoms with E-state index in [1.165, 1.54) is 0 Å². The van der Waals surface area contributed by atoms with Gasteiger partial charge in [0.15, 0.2) is 0 Å². The van der Waals surface area contributed by atoms with E-state index in [0.29, 0.717) is 28.9 Å². The summed E-state index contributed by atoms with van der Waals surface area (Å²) >= 11 is 0. The fraction of sp³-hybridized carbons (Fsp3) is 0.478. The molecule has 0 bridgehead atoms. The number of aromatic nitrogens is 2. The molecule has 1 amide bonds. The van der Waals surface area contributed by atoms with Gasteiger partial charge in [-0.25, -0.2) is 9.78 Å². The van der Waals surface area contributed by atoms with Crippen LogP contribution in [0.3, 0.4) is 0 Å². The number of carbonyl (C=O) groups is 2. The Labute approximate surface area is 199 Å². The number of rotatable bonds is 7. The Morgan fingerprint density at radius 2 is 2.06 bits per heavy atom. The molecule has 1 aromatic carbocycles. The standard InChI is InChI=1S/C23H30BN5O5/c1-14(2)21(28-22(30)18-5-4-16-12-34-24(32)20(16)15(18)3)23(31)33-13-17-10-26-11-19(27-17)29-8-6-25-7-9-29/h4-5,10-11,14,21,25,32H,6-9,12-13H2,1-3H3,(H,28,30)/t21-/m0/s1. The van der Waals surface area contributed by atoms with Crippen molar-refractivity contribution in [1.29, 1.82) is 0 Å². The van der Waals surface area contributed by atoms with Gasteiger partial charge in [0.25, 0.3) is 5.91 Å². The second kappa shape index (κ2) is 10.5. The Morgan fingerprint density at radius 1 is 1.29 bits per heavy atom. The molecule has 0 spiro atoms. The molecule has 1 aromatic heterocycles. The van der Waals surface area contributed by atoms with Gasteiger partial charge in [-0.15, -0.1) is 0 Å². The first kappa shape index (κ1) is 24.1. The zero-order chi connectivity index (χ0) is 24.2. The molecule has 0 aliphatic carbocycles. The molecule has 1 fully saturated rings. The third-order valence-corrected chi connectivity index (χ3v) is 6.18. The number of ether oxygens (including phenoxy) is 1. The number of nitrogens with zero attached hydrogens (tertiary/aromatic N) is 3. The highest BCUT2D eigenvalue weighted by atomic mass is 16.5. The monoisotopic (exact) mass is 467 g/mol. The Kier molecular flexibility index (Phi) is 7.45. The van der Waals surface area contributed by atoms with Gasteiger partial charge in [0.05, 0.1) is 24.7 Å². The fourth-order valence-corrected chi connectivity index (χ4v) is 4.21. The van der Waals surface area contributed by atoms with Gasteiger partial charge in [-0.3, -0.25) is 9.78 Å². The number of anilines is 1. The molecule has 2 aliphatic rings. The smallest absolute Gasteiger partial charge is 0.458 e. The van der Waals surface area contributed by atoms with E-state index < -0.39 is 25.0 Å². The summed E-state index contributed by atoms with van der Waals surface area (Å²) in [5, 5.41) is 16.1. The van der Waals surface area contributed by atoms with Crippen molar-refractivity contribution >= 4 is 30.3 Å². The molecule has 11 heteroatoms. The number of carbonyl (C=O) groups excluding carboxylic acids is 2. The molecule has 0 unspecified atom stereocenters. The van der Waals surface area contributed by atoms with E-state index >= 15 is 0 Å². The van der Waals surface area contributed by atoms with Crippen molar-refractivity contribution in [3.05, 3.63) is 46.9 Å². The van der Waals surface area contributed by atoms with Crippen LogP contribution in [0.2, 0.25) is 0 Å². The number of benzene rings is 1. The molecule has 1 atom stereocenters. The SMILES string of the molecule is Cc1c(C(=O)N[C@H](C(=O)OCc2cncc(N3CCNCC3)n2)C(C)C)ccc2c1B(O)OC2. The van der Waals surface area contributed by atoms with Gasteiger partial charge in [-0.05, 0) is 35.5 Å². The molecule has 180 valence electrons. The highest BCUT2D eigenvalue weighted by Crippen LogP contribution is 2.17. The summed E-state index contributed by atoms with van der Waals surface area (Å²) in [7, 11) is -1.05. The van der Waals surface area contributed by atoms with Crippen molar-refractivity contribution in [3.8, 4) is 0 Å². The normalized spacial score (nSPS) is 16.4. The number of hydrogen-bond donors (Lipinski definition) is 3. The van der Waals surface area contributed by atoms with Crippen LogP contribution in [-0.4, -0.2) is 66.2 Å². The van der Waals surface area contributed by atoms with E-state index in [1.54, 1.807) is 31.5 Å². The Morgan fingerprint density at radius 3 is 2.79 bits per heavy atom.